The largest absolute Gasteiger partial charge is 0.490 e. The van der Waals surface area contributed by atoms with Gasteiger partial charge in [0.25, 0.3) is 0 Å². The molecule has 1 spiro atoms. The van der Waals surface area contributed by atoms with Gasteiger partial charge >= 0.3 is 12.1 Å². The second-order valence-electron chi connectivity index (χ2n) is 7.38. The first-order valence-electron chi connectivity index (χ1n) is 9.53. The van der Waals surface area contributed by atoms with Crippen molar-refractivity contribution in [3.8, 4) is 0 Å². The van der Waals surface area contributed by atoms with Gasteiger partial charge in [-0.25, -0.2) is 4.79 Å². The van der Waals surface area contributed by atoms with Crippen molar-refractivity contribution in [2.24, 2.45) is 5.41 Å². The number of amides is 1. The molecule has 162 valence electrons. The third kappa shape index (κ3) is 6.43. The molecule has 0 aromatic heterocycles. The zero-order chi connectivity index (χ0) is 21.5. The summed E-state index contributed by atoms with van der Waals surface area (Å²) in [6.07, 6.45) is -1.95. The minimum atomic E-state index is -5.08. The molecule has 0 unspecified atom stereocenters. The monoisotopic (exact) mass is 416 g/mol. The summed E-state index contributed by atoms with van der Waals surface area (Å²) in [6.45, 7) is 5.52. The van der Waals surface area contributed by atoms with Gasteiger partial charge in [0.2, 0.25) is 5.91 Å². The lowest BCUT2D eigenvalue weighted by Crippen LogP contribution is -2.65. The molecule has 2 saturated heterocycles. The van der Waals surface area contributed by atoms with Crippen molar-refractivity contribution >= 4 is 11.9 Å². The van der Waals surface area contributed by atoms with E-state index in [1.165, 1.54) is 5.56 Å². The van der Waals surface area contributed by atoms with E-state index < -0.39 is 12.1 Å². The lowest BCUT2D eigenvalue weighted by molar-refractivity contribution is -0.192. The number of aliphatic carboxylic acids is 1. The number of piperidine rings is 1. The highest BCUT2D eigenvalue weighted by Gasteiger charge is 2.52. The topological polar surface area (TPSA) is 70.1 Å². The number of rotatable bonds is 6. The number of nitrogens with zero attached hydrogens (tertiary/aromatic N) is 2. The quantitative estimate of drug-likeness (QED) is 0.722. The Labute approximate surface area is 168 Å². The first-order valence-corrected chi connectivity index (χ1v) is 9.53. The van der Waals surface area contributed by atoms with E-state index in [2.05, 4.69) is 35.2 Å². The molecular weight excluding hydrogens is 389 g/mol. The molecule has 1 amide bonds. The third-order valence-electron chi connectivity index (χ3n) is 5.41. The number of alkyl halides is 3. The minimum Gasteiger partial charge on any atom is -0.475 e. The fraction of sp³-hybridized carbons (Fsp3) is 0.600. The number of carboxylic acid groups (broad SMARTS) is 1. The van der Waals surface area contributed by atoms with E-state index in [9.17, 15) is 18.0 Å². The maximum absolute atomic E-state index is 12.4. The third-order valence-corrected chi connectivity index (χ3v) is 5.41. The van der Waals surface area contributed by atoms with Gasteiger partial charge in [0.05, 0.1) is 12.0 Å². The molecule has 2 aliphatic rings. The van der Waals surface area contributed by atoms with Crippen LogP contribution in [0.4, 0.5) is 13.2 Å². The SMILES string of the molecule is COCCN1CC2(CCN(CCc3ccccc3)CC2)C1=O.O=C(O)C(F)(F)F. The highest BCUT2D eigenvalue weighted by molar-refractivity contribution is 5.89. The Bertz CT molecular complexity index is 674. The average Bonchev–Trinajstić information content (AvgIpc) is 2.70. The second kappa shape index (κ2) is 10.1. The highest BCUT2D eigenvalue weighted by atomic mass is 19.4. The van der Waals surface area contributed by atoms with E-state index in [-0.39, 0.29) is 5.41 Å². The van der Waals surface area contributed by atoms with Crippen molar-refractivity contribution in [3.63, 3.8) is 0 Å². The summed E-state index contributed by atoms with van der Waals surface area (Å²) >= 11 is 0. The molecule has 2 aliphatic heterocycles. The average molecular weight is 416 g/mol. The van der Waals surface area contributed by atoms with Gasteiger partial charge in [0, 0.05) is 26.7 Å². The second-order valence-corrected chi connectivity index (χ2v) is 7.38. The van der Waals surface area contributed by atoms with Gasteiger partial charge < -0.3 is 19.6 Å². The van der Waals surface area contributed by atoms with Crippen LogP contribution in [-0.4, -0.2) is 79.4 Å². The molecule has 29 heavy (non-hydrogen) atoms. The molecule has 6 nitrogen and oxygen atoms in total. The van der Waals surface area contributed by atoms with Crippen molar-refractivity contribution in [1.82, 2.24) is 9.80 Å². The summed E-state index contributed by atoms with van der Waals surface area (Å²) in [5.74, 6) is -2.40. The Morgan fingerprint density at radius 3 is 2.24 bits per heavy atom. The molecule has 3 rings (SSSR count). The van der Waals surface area contributed by atoms with Crippen molar-refractivity contribution in [1.29, 1.82) is 0 Å². The zero-order valence-corrected chi connectivity index (χ0v) is 16.5. The summed E-state index contributed by atoms with van der Waals surface area (Å²) in [7, 11) is 1.69. The van der Waals surface area contributed by atoms with Crippen LogP contribution in [0.15, 0.2) is 30.3 Å². The molecular formula is C20H27F3N2O4. The maximum atomic E-state index is 12.4. The number of β-lactam (4-membered cyclic amide) rings is 1. The van der Waals surface area contributed by atoms with E-state index in [0.29, 0.717) is 12.5 Å². The van der Waals surface area contributed by atoms with Gasteiger partial charge in [-0.2, -0.15) is 13.2 Å². The van der Waals surface area contributed by atoms with Gasteiger partial charge in [-0.15, -0.1) is 0 Å². The molecule has 2 heterocycles. The van der Waals surface area contributed by atoms with Gasteiger partial charge in [-0.3, -0.25) is 4.79 Å². The van der Waals surface area contributed by atoms with E-state index in [1.54, 1.807) is 7.11 Å². The van der Waals surface area contributed by atoms with Crippen LogP contribution in [0.3, 0.4) is 0 Å². The smallest absolute Gasteiger partial charge is 0.475 e. The highest BCUT2D eigenvalue weighted by Crippen LogP contribution is 2.41. The number of carbonyl (C=O) groups excluding carboxylic acids is 1. The number of methoxy groups -OCH3 is 1. The number of hydrogen-bond donors (Lipinski definition) is 1. The molecule has 0 saturated carbocycles. The number of ether oxygens (including phenoxy) is 1. The first-order chi connectivity index (χ1) is 13.7. The maximum Gasteiger partial charge on any atom is 0.490 e. The normalized spacial score (nSPS) is 18.8. The fourth-order valence-corrected chi connectivity index (χ4v) is 3.64. The Hall–Kier alpha value is -2.13. The fourth-order valence-electron chi connectivity index (χ4n) is 3.64. The molecule has 1 aromatic carbocycles. The van der Waals surface area contributed by atoms with Crippen LogP contribution in [0.5, 0.6) is 0 Å². The van der Waals surface area contributed by atoms with E-state index >= 15 is 0 Å². The van der Waals surface area contributed by atoms with Crippen molar-refractivity contribution in [2.45, 2.75) is 25.4 Å². The Kier molecular flexibility index (Phi) is 8.04. The summed E-state index contributed by atoms with van der Waals surface area (Å²) in [4.78, 5) is 25.7. The summed E-state index contributed by atoms with van der Waals surface area (Å²) < 4.78 is 36.8. The first kappa shape index (κ1) is 23.2. The molecule has 0 radical (unpaired) electrons. The van der Waals surface area contributed by atoms with Crippen LogP contribution in [0.1, 0.15) is 18.4 Å². The zero-order valence-electron chi connectivity index (χ0n) is 16.5. The van der Waals surface area contributed by atoms with Crippen LogP contribution in [0.25, 0.3) is 0 Å². The molecule has 0 atom stereocenters. The number of hydrogen-bond acceptors (Lipinski definition) is 4. The molecule has 2 fully saturated rings. The standard InChI is InChI=1S/C18H26N2O2.C2HF3O2/c1-22-14-13-20-15-18(17(20)21)8-11-19(12-9-18)10-7-16-5-3-2-4-6-16;3-2(4,5)1(6)7/h2-6H,7-15H2,1H3;(H,6,7). The molecule has 1 N–H and O–H groups in total. The number of likely N-dealkylation sites (tertiary alicyclic amines) is 2. The number of carbonyl (C=O) groups is 2. The predicted octanol–water partition coefficient (Wildman–Crippen LogP) is 2.43. The lowest BCUT2D eigenvalue weighted by Gasteiger charge is -2.52. The van der Waals surface area contributed by atoms with Crippen molar-refractivity contribution < 1.29 is 32.6 Å². The van der Waals surface area contributed by atoms with Crippen LogP contribution >= 0.6 is 0 Å². The number of benzene rings is 1. The van der Waals surface area contributed by atoms with E-state index in [0.717, 1.165) is 52.0 Å². The van der Waals surface area contributed by atoms with Crippen molar-refractivity contribution in [2.75, 3.05) is 46.4 Å². The molecule has 0 aliphatic carbocycles. The number of carboxylic acids is 1. The molecule has 1 aromatic rings. The van der Waals surface area contributed by atoms with Gasteiger partial charge in [-0.1, -0.05) is 30.3 Å². The van der Waals surface area contributed by atoms with Crippen LogP contribution < -0.4 is 0 Å². The molecule has 0 bridgehead atoms. The predicted molar refractivity (Wildman–Crippen MR) is 100 cm³/mol. The Morgan fingerprint density at radius 2 is 1.76 bits per heavy atom. The van der Waals surface area contributed by atoms with Crippen LogP contribution in [-0.2, 0) is 20.7 Å². The van der Waals surface area contributed by atoms with Gasteiger partial charge in [-0.05, 0) is 37.9 Å². The van der Waals surface area contributed by atoms with E-state index in [1.807, 2.05) is 4.90 Å². The van der Waals surface area contributed by atoms with E-state index in [4.69, 9.17) is 14.6 Å². The lowest BCUT2D eigenvalue weighted by atomic mass is 9.71. The van der Waals surface area contributed by atoms with Crippen LogP contribution in [0, 0.1) is 5.41 Å². The summed E-state index contributed by atoms with van der Waals surface area (Å²) in [5.41, 5.74) is 1.35. The molecule has 9 heteroatoms. The van der Waals surface area contributed by atoms with Gasteiger partial charge in [0.15, 0.2) is 0 Å². The Balaban J connectivity index is 0.000000370. The Morgan fingerprint density at radius 1 is 1.17 bits per heavy atom. The summed E-state index contributed by atoms with van der Waals surface area (Å²) in [6, 6.07) is 10.6. The number of halogens is 3. The summed E-state index contributed by atoms with van der Waals surface area (Å²) in [5, 5.41) is 7.12. The van der Waals surface area contributed by atoms with Crippen molar-refractivity contribution in [3.05, 3.63) is 35.9 Å². The minimum absolute atomic E-state index is 0.0447. The van der Waals surface area contributed by atoms with Gasteiger partial charge in [0.1, 0.15) is 0 Å². The van der Waals surface area contributed by atoms with Crippen LogP contribution in [0.2, 0.25) is 0 Å².